The van der Waals surface area contributed by atoms with Crippen LogP contribution in [0.25, 0.3) is 11.3 Å². The van der Waals surface area contributed by atoms with Crippen LogP contribution >= 0.6 is 0 Å². The molecule has 2 N–H and O–H groups in total. The van der Waals surface area contributed by atoms with E-state index in [2.05, 4.69) is 5.32 Å². The number of imide groups is 1. The van der Waals surface area contributed by atoms with Gasteiger partial charge in [0.2, 0.25) is 5.91 Å². The first kappa shape index (κ1) is 25.4. The number of ether oxygens (including phenoxy) is 1. The van der Waals surface area contributed by atoms with E-state index in [1.807, 2.05) is 30.3 Å². The molecule has 4 rings (SSSR count). The van der Waals surface area contributed by atoms with Gasteiger partial charge in [-0.3, -0.25) is 9.59 Å². The molecule has 1 heterocycles. The number of benzene rings is 3. The standard InChI is InChI=1S/C29H26N2O6/c1-17(32)31-23-16-20(27(34)35)12-15-22(23)24(26(31)33)25(18-8-6-5-7-9-18)30-21-13-10-19(11-14-21)28(36)37-29(2,3)4/h5-16,30H,1-4H3,(H,34,35). The molecule has 37 heavy (non-hydrogen) atoms. The van der Waals surface area contributed by atoms with Crippen LogP contribution in [-0.2, 0) is 14.3 Å². The summed E-state index contributed by atoms with van der Waals surface area (Å²) in [5, 5.41) is 12.7. The van der Waals surface area contributed by atoms with Crippen molar-refractivity contribution in [3.05, 3.63) is 95.1 Å². The third-order valence-electron chi connectivity index (χ3n) is 5.59. The lowest BCUT2D eigenvalue weighted by Crippen LogP contribution is -2.31. The van der Waals surface area contributed by atoms with Crippen LogP contribution in [0.5, 0.6) is 0 Å². The smallest absolute Gasteiger partial charge is 0.338 e. The van der Waals surface area contributed by atoms with Gasteiger partial charge >= 0.3 is 11.9 Å². The van der Waals surface area contributed by atoms with Crippen LogP contribution < -0.4 is 10.2 Å². The largest absolute Gasteiger partial charge is 0.478 e. The molecule has 0 saturated heterocycles. The number of esters is 1. The number of amides is 2. The molecule has 0 saturated carbocycles. The molecular formula is C29H26N2O6. The average molecular weight is 499 g/mol. The van der Waals surface area contributed by atoms with Crippen LogP contribution in [0.2, 0.25) is 0 Å². The van der Waals surface area contributed by atoms with Crippen molar-refractivity contribution in [2.24, 2.45) is 0 Å². The summed E-state index contributed by atoms with van der Waals surface area (Å²) in [6.07, 6.45) is 0. The molecule has 1 aliphatic rings. The summed E-state index contributed by atoms with van der Waals surface area (Å²) in [7, 11) is 0. The van der Waals surface area contributed by atoms with Gasteiger partial charge in [-0.1, -0.05) is 36.4 Å². The van der Waals surface area contributed by atoms with Gasteiger partial charge in [-0.25, -0.2) is 14.5 Å². The Morgan fingerprint density at radius 1 is 0.865 bits per heavy atom. The minimum atomic E-state index is -1.16. The normalized spacial score (nSPS) is 14.2. The fourth-order valence-corrected chi connectivity index (χ4v) is 4.01. The third-order valence-corrected chi connectivity index (χ3v) is 5.59. The van der Waals surface area contributed by atoms with Crippen molar-refractivity contribution in [1.29, 1.82) is 0 Å². The number of aromatic carboxylic acids is 1. The highest BCUT2D eigenvalue weighted by Crippen LogP contribution is 2.41. The molecule has 0 aliphatic carbocycles. The molecule has 0 unspecified atom stereocenters. The maximum Gasteiger partial charge on any atom is 0.338 e. The molecule has 0 spiro atoms. The quantitative estimate of drug-likeness (QED) is 0.367. The minimum absolute atomic E-state index is 0.0361. The Morgan fingerprint density at radius 2 is 1.49 bits per heavy atom. The highest BCUT2D eigenvalue weighted by molar-refractivity contribution is 6.43. The van der Waals surface area contributed by atoms with Crippen LogP contribution in [0, 0.1) is 0 Å². The molecule has 188 valence electrons. The predicted molar refractivity (Wildman–Crippen MR) is 140 cm³/mol. The lowest BCUT2D eigenvalue weighted by molar-refractivity contribution is -0.122. The van der Waals surface area contributed by atoms with Gasteiger partial charge in [0.25, 0.3) is 5.91 Å². The SMILES string of the molecule is CC(=O)N1C(=O)C(=C(Nc2ccc(C(=O)OC(C)(C)C)cc2)c2ccccc2)c2ccc(C(=O)O)cc21. The van der Waals surface area contributed by atoms with Gasteiger partial charge < -0.3 is 15.2 Å². The second kappa shape index (κ2) is 9.73. The molecule has 0 fully saturated rings. The summed E-state index contributed by atoms with van der Waals surface area (Å²) in [6.45, 7) is 6.63. The van der Waals surface area contributed by atoms with Crippen LogP contribution in [-0.4, -0.2) is 34.5 Å². The van der Waals surface area contributed by atoms with E-state index in [-0.39, 0.29) is 16.8 Å². The van der Waals surface area contributed by atoms with Crippen molar-refractivity contribution in [3.8, 4) is 0 Å². The number of rotatable bonds is 5. The fourth-order valence-electron chi connectivity index (χ4n) is 4.01. The van der Waals surface area contributed by atoms with Crippen LogP contribution in [0.15, 0.2) is 72.8 Å². The lowest BCUT2D eigenvalue weighted by Gasteiger charge is -2.19. The summed E-state index contributed by atoms with van der Waals surface area (Å²) in [4.78, 5) is 50.9. The Bertz CT molecular complexity index is 1430. The van der Waals surface area contributed by atoms with Gasteiger partial charge in [0.05, 0.1) is 28.1 Å². The van der Waals surface area contributed by atoms with E-state index in [0.717, 1.165) is 4.90 Å². The summed E-state index contributed by atoms with van der Waals surface area (Å²) < 4.78 is 5.42. The van der Waals surface area contributed by atoms with E-state index in [4.69, 9.17) is 4.74 Å². The molecular weight excluding hydrogens is 472 g/mol. The zero-order chi connectivity index (χ0) is 26.9. The highest BCUT2D eigenvalue weighted by atomic mass is 16.6. The molecule has 3 aromatic rings. The number of carbonyl (C=O) groups is 4. The van der Waals surface area contributed by atoms with Crippen LogP contribution in [0.1, 0.15) is 59.5 Å². The van der Waals surface area contributed by atoms with Crippen molar-refractivity contribution < 1.29 is 29.0 Å². The molecule has 0 bridgehead atoms. The summed E-state index contributed by atoms with van der Waals surface area (Å²) in [5.41, 5.74) is 2.29. The third kappa shape index (κ3) is 5.28. The summed E-state index contributed by atoms with van der Waals surface area (Å²) in [5.74, 6) is -2.71. The van der Waals surface area contributed by atoms with E-state index in [1.165, 1.54) is 25.1 Å². The Kier molecular flexibility index (Phi) is 6.68. The van der Waals surface area contributed by atoms with Gasteiger partial charge in [-0.05, 0) is 62.7 Å². The van der Waals surface area contributed by atoms with E-state index in [0.29, 0.717) is 28.1 Å². The molecule has 8 nitrogen and oxygen atoms in total. The molecule has 1 aliphatic heterocycles. The van der Waals surface area contributed by atoms with Crippen LogP contribution in [0.4, 0.5) is 11.4 Å². The zero-order valence-corrected chi connectivity index (χ0v) is 20.9. The topological polar surface area (TPSA) is 113 Å². The summed E-state index contributed by atoms with van der Waals surface area (Å²) >= 11 is 0. The number of hydrogen-bond acceptors (Lipinski definition) is 6. The molecule has 0 radical (unpaired) electrons. The van der Waals surface area contributed by atoms with Gasteiger partial charge in [0.1, 0.15) is 5.60 Å². The van der Waals surface area contributed by atoms with Crippen molar-refractivity contribution in [2.75, 3.05) is 10.2 Å². The monoisotopic (exact) mass is 498 g/mol. The average Bonchev–Trinajstić information content (AvgIpc) is 3.13. The Labute approximate surface area is 214 Å². The van der Waals surface area contributed by atoms with Gasteiger partial charge in [0.15, 0.2) is 0 Å². The zero-order valence-electron chi connectivity index (χ0n) is 20.9. The molecule has 8 heteroatoms. The van der Waals surface area contributed by atoms with E-state index >= 15 is 0 Å². The number of nitrogens with zero attached hydrogens (tertiary/aromatic N) is 1. The van der Waals surface area contributed by atoms with E-state index < -0.39 is 29.4 Å². The Hall–Kier alpha value is -4.72. The van der Waals surface area contributed by atoms with Gasteiger partial charge in [-0.2, -0.15) is 0 Å². The minimum Gasteiger partial charge on any atom is -0.478 e. The van der Waals surface area contributed by atoms with Crippen molar-refractivity contribution in [2.45, 2.75) is 33.3 Å². The second-order valence-corrected chi connectivity index (χ2v) is 9.52. The molecule has 3 aromatic carbocycles. The van der Waals surface area contributed by atoms with Crippen LogP contribution in [0.3, 0.4) is 0 Å². The number of fused-ring (bicyclic) bond motifs is 1. The first-order valence-electron chi connectivity index (χ1n) is 11.6. The first-order chi connectivity index (χ1) is 17.5. The lowest BCUT2D eigenvalue weighted by atomic mass is 9.99. The molecule has 0 aromatic heterocycles. The van der Waals surface area contributed by atoms with Gasteiger partial charge in [-0.15, -0.1) is 0 Å². The number of anilines is 2. The maximum absolute atomic E-state index is 13.6. The number of nitrogens with one attached hydrogen (secondary N) is 1. The fraction of sp³-hybridized carbons (Fsp3) is 0.172. The predicted octanol–water partition coefficient (Wildman–Crippen LogP) is 5.21. The summed E-state index contributed by atoms with van der Waals surface area (Å²) in [6, 6.07) is 20.0. The highest BCUT2D eigenvalue weighted by Gasteiger charge is 2.38. The Morgan fingerprint density at radius 3 is 2.05 bits per heavy atom. The van der Waals surface area contributed by atoms with Crippen molar-refractivity contribution in [3.63, 3.8) is 0 Å². The number of carboxylic acid groups (broad SMARTS) is 1. The molecule has 0 atom stereocenters. The number of carbonyl (C=O) groups excluding carboxylic acids is 3. The van der Waals surface area contributed by atoms with Gasteiger partial charge in [0, 0.05) is 18.2 Å². The van der Waals surface area contributed by atoms with Crippen molar-refractivity contribution in [1.82, 2.24) is 0 Å². The van der Waals surface area contributed by atoms with E-state index in [9.17, 15) is 24.3 Å². The molecule has 2 amide bonds. The maximum atomic E-state index is 13.6. The number of hydrogen-bond donors (Lipinski definition) is 2. The number of carboxylic acids is 1. The van der Waals surface area contributed by atoms with Crippen molar-refractivity contribution >= 4 is 46.4 Å². The van der Waals surface area contributed by atoms with E-state index in [1.54, 1.807) is 45.0 Å². The second-order valence-electron chi connectivity index (χ2n) is 9.52. The first-order valence-corrected chi connectivity index (χ1v) is 11.6. The Balaban J connectivity index is 1.82.